The highest BCUT2D eigenvalue weighted by atomic mass is 19.4. The van der Waals surface area contributed by atoms with Crippen LogP contribution in [0.5, 0.6) is 0 Å². The van der Waals surface area contributed by atoms with Crippen molar-refractivity contribution in [3.05, 3.63) is 47.9 Å². The van der Waals surface area contributed by atoms with Crippen LogP contribution in [0.15, 0.2) is 36.7 Å². The lowest BCUT2D eigenvalue weighted by Crippen LogP contribution is -2.39. The molecule has 8 heteroatoms. The fourth-order valence-electron chi connectivity index (χ4n) is 3.02. The number of aromatic nitrogens is 2. The molecule has 138 valence electrons. The Labute approximate surface area is 149 Å². The molecule has 1 saturated heterocycles. The fourth-order valence-corrected chi connectivity index (χ4v) is 3.02. The largest absolute Gasteiger partial charge is 0.418 e. The molecule has 2 aromatic rings. The molecule has 3 rings (SSSR count). The van der Waals surface area contributed by atoms with Crippen molar-refractivity contribution >= 4 is 17.4 Å². The van der Waals surface area contributed by atoms with Crippen LogP contribution in [0.1, 0.15) is 35.8 Å². The molecule has 5 nitrogen and oxygen atoms in total. The number of carbonyl (C=O) groups is 1. The van der Waals surface area contributed by atoms with Crippen LogP contribution in [-0.4, -0.2) is 33.9 Å². The van der Waals surface area contributed by atoms with E-state index >= 15 is 0 Å². The highest BCUT2D eigenvalue weighted by molar-refractivity contribution is 5.92. The lowest BCUT2D eigenvalue weighted by Gasteiger charge is -2.30. The zero-order chi connectivity index (χ0) is 18.7. The summed E-state index contributed by atoms with van der Waals surface area (Å²) in [6.45, 7) is 3.46. The summed E-state index contributed by atoms with van der Waals surface area (Å²) in [6, 6.07) is 5.13. The van der Waals surface area contributed by atoms with E-state index in [0.29, 0.717) is 19.0 Å². The van der Waals surface area contributed by atoms with Crippen LogP contribution in [0, 0.1) is 5.92 Å². The van der Waals surface area contributed by atoms with Gasteiger partial charge in [0.25, 0.3) is 5.91 Å². The maximum atomic E-state index is 13.0. The Morgan fingerprint density at radius 3 is 2.65 bits per heavy atom. The highest BCUT2D eigenvalue weighted by Gasteiger charge is 2.33. The van der Waals surface area contributed by atoms with Crippen LogP contribution in [0.4, 0.5) is 24.7 Å². The first-order valence-electron chi connectivity index (χ1n) is 8.39. The van der Waals surface area contributed by atoms with E-state index in [0.717, 1.165) is 18.9 Å². The number of hydrogen-bond acceptors (Lipinski definition) is 4. The van der Waals surface area contributed by atoms with Crippen LogP contribution < -0.4 is 5.32 Å². The van der Waals surface area contributed by atoms with Gasteiger partial charge in [-0.3, -0.25) is 4.79 Å². The van der Waals surface area contributed by atoms with Gasteiger partial charge < -0.3 is 10.2 Å². The van der Waals surface area contributed by atoms with Gasteiger partial charge >= 0.3 is 6.18 Å². The lowest BCUT2D eigenvalue weighted by atomic mass is 10.0. The second-order valence-corrected chi connectivity index (χ2v) is 6.45. The van der Waals surface area contributed by atoms with E-state index in [1.165, 1.54) is 30.6 Å². The Bertz CT molecular complexity index is 777. The third kappa shape index (κ3) is 4.12. The number of piperidine rings is 1. The van der Waals surface area contributed by atoms with E-state index in [4.69, 9.17) is 0 Å². The van der Waals surface area contributed by atoms with Gasteiger partial charge in [-0.15, -0.1) is 0 Å². The van der Waals surface area contributed by atoms with Gasteiger partial charge in [-0.1, -0.05) is 19.1 Å². The second kappa shape index (κ2) is 7.31. The molecule has 1 fully saturated rings. The van der Waals surface area contributed by atoms with E-state index in [1.807, 2.05) is 0 Å². The second-order valence-electron chi connectivity index (χ2n) is 6.45. The van der Waals surface area contributed by atoms with Crippen molar-refractivity contribution in [3.63, 3.8) is 0 Å². The maximum absolute atomic E-state index is 13.0. The Balaban J connectivity index is 1.74. The predicted octanol–water partition coefficient (Wildman–Crippen LogP) is 4.11. The number of halogens is 3. The van der Waals surface area contributed by atoms with E-state index < -0.39 is 11.7 Å². The van der Waals surface area contributed by atoms with Crippen molar-refractivity contribution in [2.45, 2.75) is 25.9 Å². The molecular formula is C18H19F3N4O. The number of nitrogens with zero attached hydrogens (tertiary/aromatic N) is 3. The highest BCUT2D eigenvalue weighted by Crippen LogP contribution is 2.35. The van der Waals surface area contributed by atoms with Gasteiger partial charge in [0.1, 0.15) is 11.5 Å². The van der Waals surface area contributed by atoms with E-state index in [-0.39, 0.29) is 23.1 Å². The van der Waals surface area contributed by atoms with Gasteiger partial charge in [-0.25, -0.2) is 9.97 Å². The molecular weight excluding hydrogens is 345 g/mol. The van der Waals surface area contributed by atoms with Crippen molar-refractivity contribution in [3.8, 4) is 0 Å². The van der Waals surface area contributed by atoms with E-state index in [9.17, 15) is 18.0 Å². The summed E-state index contributed by atoms with van der Waals surface area (Å²) in [5.74, 6) is 0.386. The maximum Gasteiger partial charge on any atom is 0.418 e. The van der Waals surface area contributed by atoms with Crippen molar-refractivity contribution in [1.29, 1.82) is 0 Å². The van der Waals surface area contributed by atoms with Gasteiger partial charge in [-0.05, 0) is 30.9 Å². The number of carbonyl (C=O) groups excluding carboxylic acids is 1. The van der Waals surface area contributed by atoms with Crippen LogP contribution in [0.3, 0.4) is 0 Å². The minimum absolute atomic E-state index is 0.113. The van der Waals surface area contributed by atoms with Crippen LogP contribution in [0.25, 0.3) is 0 Å². The average molecular weight is 364 g/mol. The number of alkyl halides is 3. The minimum Gasteiger partial charge on any atom is -0.338 e. The topological polar surface area (TPSA) is 58.1 Å². The van der Waals surface area contributed by atoms with E-state index in [1.54, 1.807) is 4.90 Å². The summed E-state index contributed by atoms with van der Waals surface area (Å²) in [6.07, 6.45) is 0.136. The molecule has 1 amide bonds. The molecule has 1 aromatic heterocycles. The molecule has 1 aliphatic heterocycles. The van der Waals surface area contributed by atoms with Crippen LogP contribution in [0.2, 0.25) is 0 Å². The summed E-state index contributed by atoms with van der Waals surface area (Å²) in [5, 5.41) is 2.61. The SMILES string of the molecule is CC1CCCN(C(=O)c2cnc(Nc3ccccc3C(F)(F)F)cn2)C1. The number of likely N-dealkylation sites (tertiary alicyclic amines) is 1. The monoisotopic (exact) mass is 364 g/mol. The molecule has 1 aliphatic rings. The summed E-state index contributed by atoms with van der Waals surface area (Å²) >= 11 is 0. The van der Waals surface area contributed by atoms with Crippen molar-refractivity contribution < 1.29 is 18.0 Å². The number of rotatable bonds is 3. The molecule has 0 spiro atoms. The quantitative estimate of drug-likeness (QED) is 0.890. The smallest absolute Gasteiger partial charge is 0.338 e. The third-order valence-corrected chi connectivity index (χ3v) is 4.31. The molecule has 1 aromatic carbocycles. The number of hydrogen-bond donors (Lipinski definition) is 1. The van der Waals surface area contributed by atoms with Crippen LogP contribution >= 0.6 is 0 Å². The fraction of sp³-hybridized carbons (Fsp3) is 0.389. The summed E-state index contributed by atoms with van der Waals surface area (Å²) in [4.78, 5) is 22.3. The number of benzene rings is 1. The van der Waals surface area contributed by atoms with E-state index in [2.05, 4.69) is 22.2 Å². The molecule has 0 aliphatic carbocycles. The Morgan fingerprint density at radius 1 is 1.23 bits per heavy atom. The number of para-hydroxylation sites is 1. The number of nitrogens with one attached hydrogen (secondary N) is 1. The average Bonchev–Trinajstić information content (AvgIpc) is 2.61. The lowest BCUT2D eigenvalue weighted by molar-refractivity contribution is -0.136. The number of anilines is 2. The molecule has 1 atom stereocenters. The molecule has 0 saturated carbocycles. The zero-order valence-electron chi connectivity index (χ0n) is 14.3. The molecule has 1 N–H and O–H groups in total. The predicted molar refractivity (Wildman–Crippen MR) is 91.1 cm³/mol. The van der Waals surface area contributed by atoms with Gasteiger partial charge in [0.15, 0.2) is 0 Å². The minimum atomic E-state index is -4.47. The zero-order valence-corrected chi connectivity index (χ0v) is 14.3. The molecule has 26 heavy (non-hydrogen) atoms. The Morgan fingerprint density at radius 2 is 2.00 bits per heavy atom. The molecule has 0 radical (unpaired) electrons. The molecule has 1 unspecified atom stereocenters. The third-order valence-electron chi connectivity index (χ3n) is 4.31. The van der Waals surface area contributed by atoms with Crippen LogP contribution in [-0.2, 0) is 6.18 Å². The van der Waals surface area contributed by atoms with Gasteiger partial charge in [-0.2, -0.15) is 13.2 Å². The first kappa shape index (κ1) is 18.2. The van der Waals surface area contributed by atoms with Gasteiger partial charge in [0.2, 0.25) is 0 Å². The normalized spacial score (nSPS) is 17.8. The summed E-state index contributed by atoms with van der Waals surface area (Å²) < 4.78 is 39.1. The molecule has 0 bridgehead atoms. The Hall–Kier alpha value is -2.64. The Kier molecular flexibility index (Phi) is 5.11. The molecule has 2 heterocycles. The van der Waals surface area contributed by atoms with Gasteiger partial charge in [0, 0.05) is 13.1 Å². The van der Waals surface area contributed by atoms with Crippen molar-refractivity contribution in [2.75, 3.05) is 18.4 Å². The van der Waals surface area contributed by atoms with Crippen molar-refractivity contribution in [2.24, 2.45) is 5.92 Å². The first-order valence-corrected chi connectivity index (χ1v) is 8.39. The first-order chi connectivity index (χ1) is 12.3. The summed E-state index contributed by atoms with van der Waals surface area (Å²) in [7, 11) is 0. The summed E-state index contributed by atoms with van der Waals surface area (Å²) in [5.41, 5.74) is -0.712. The van der Waals surface area contributed by atoms with Crippen molar-refractivity contribution in [1.82, 2.24) is 14.9 Å². The standard InChI is InChI=1S/C18H19F3N4O/c1-12-5-4-8-25(11-12)17(26)15-9-23-16(10-22-15)24-14-7-3-2-6-13(14)18(19,20)21/h2-3,6-7,9-10,12H,4-5,8,11H2,1H3,(H,23,24). The number of amides is 1. The van der Waals surface area contributed by atoms with Gasteiger partial charge in [0.05, 0.1) is 23.6 Å².